The minimum absolute atomic E-state index is 0.110. The lowest BCUT2D eigenvalue weighted by molar-refractivity contribution is -0.123. The number of likely N-dealkylation sites (tertiary alicyclic amines) is 1. The van der Waals surface area contributed by atoms with Crippen molar-refractivity contribution in [1.29, 1.82) is 0 Å². The summed E-state index contributed by atoms with van der Waals surface area (Å²) in [7, 11) is 0. The van der Waals surface area contributed by atoms with E-state index in [4.69, 9.17) is 4.74 Å². The van der Waals surface area contributed by atoms with E-state index < -0.39 is 17.7 Å². The monoisotopic (exact) mass is 347 g/mol. The topological polar surface area (TPSA) is 70.7 Å². The van der Waals surface area contributed by atoms with Crippen molar-refractivity contribution < 1.29 is 14.3 Å². The number of ether oxygens (including phenoxy) is 1. The van der Waals surface area contributed by atoms with Gasteiger partial charge in [0.15, 0.2) is 0 Å². The number of alkyl carbamates (subject to hydrolysis) is 1. The molecule has 1 aliphatic heterocycles. The Labute approximate surface area is 149 Å². The first-order chi connectivity index (χ1) is 11.7. The Kier molecular flexibility index (Phi) is 6.42. The molecule has 2 unspecified atom stereocenters. The van der Waals surface area contributed by atoms with E-state index in [1.165, 1.54) is 5.56 Å². The second kappa shape index (κ2) is 8.34. The van der Waals surface area contributed by atoms with Gasteiger partial charge in [-0.25, -0.2) is 4.79 Å². The molecule has 2 rings (SSSR count). The van der Waals surface area contributed by atoms with E-state index in [2.05, 4.69) is 27.7 Å². The number of hydrogen-bond acceptors (Lipinski definition) is 4. The van der Waals surface area contributed by atoms with E-state index in [1.54, 1.807) is 27.7 Å². The molecule has 0 spiro atoms. The fraction of sp³-hybridized carbons (Fsp3) is 0.579. The number of nitrogens with one attached hydrogen (secondary N) is 2. The van der Waals surface area contributed by atoms with E-state index in [0.717, 1.165) is 26.1 Å². The van der Waals surface area contributed by atoms with Crippen molar-refractivity contribution in [2.75, 3.05) is 13.1 Å². The number of carbonyl (C=O) groups excluding carboxylic acids is 2. The molecule has 0 bridgehead atoms. The molecule has 6 heteroatoms. The van der Waals surface area contributed by atoms with Gasteiger partial charge in [-0.3, -0.25) is 9.69 Å². The summed E-state index contributed by atoms with van der Waals surface area (Å²) >= 11 is 0. The van der Waals surface area contributed by atoms with Gasteiger partial charge in [-0.15, -0.1) is 0 Å². The Morgan fingerprint density at radius 1 is 1.28 bits per heavy atom. The summed E-state index contributed by atoms with van der Waals surface area (Å²) in [6.07, 6.45) is 0.338. The standard InChI is InChI=1S/C19H29N3O3/c1-14(20-18(24)25-19(2,3)4)17(23)21-16-10-11-22(13-16)12-15-8-6-5-7-9-15/h5-9,14,16H,10-13H2,1-4H3,(H,20,24)(H,21,23). The highest BCUT2D eigenvalue weighted by Gasteiger charge is 2.27. The van der Waals surface area contributed by atoms with E-state index in [1.807, 2.05) is 18.2 Å². The first-order valence-corrected chi connectivity index (χ1v) is 8.79. The number of nitrogens with zero attached hydrogens (tertiary/aromatic N) is 1. The van der Waals surface area contributed by atoms with Gasteiger partial charge in [-0.05, 0) is 39.7 Å². The lowest BCUT2D eigenvalue weighted by atomic mass is 10.2. The Morgan fingerprint density at radius 3 is 2.60 bits per heavy atom. The minimum Gasteiger partial charge on any atom is -0.444 e. The third-order valence-electron chi connectivity index (χ3n) is 3.99. The number of benzene rings is 1. The van der Waals surface area contributed by atoms with Crippen LogP contribution in [0.2, 0.25) is 0 Å². The molecule has 0 aliphatic carbocycles. The minimum atomic E-state index is -0.627. The zero-order chi connectivity index (χ0) is 18.4. The molecule has 1 aromatic carbocycles. The van der Waals surface area contributed by atoms with Gasteiger partial charge < -0.3 is 15.4 Å². The smallest absolute Gasteiger partial charge is 0.408 e. The molecule has 2 atom stereocenters. The normalized spacial score (nSPS) is 19.3. The van der Waals surface area contributed by atoms with Gasteiger partial charge in [0.05, 0.1) is 0 Å². The number of hydrogen-bond donors (Lipinski definition) is 2. The molecule has 1 saturated heterocycles. The first-order valence-electron chi connectivity index (χ1n) is 8.79. The van der Waals surface area contributed by atoms with Crippen molar-refractivity contribution in [1.82, 2.24) is 15.5 Å². The van der Waals surface area contributed by atoms with Gasteiger partial charge in [-0.1, -0.05) is 30.3 Å². The fourth-order valence-corrected chi connectivity index (χ4v) is 2.81. The summed E-state index contributed by atoms with van der Waals surface area (Å²) in [6.45, 7) is 9.69. The lowest BCUT2D eigenvalue weighted by Crippen LogP contribution is -2.49. The molecule has 1 fully saturated rings. The van der Waals surface area contributed by atoms with Crippen LogP contribution < -0.4 is 10.6 Å². The maximum Gasteiger partial charge on any atom is 0.408 e. The second-order valence-electron chi connectivity index (χ2n) is 7.58. The third-order valence-corrected chi connectivity index (χ3v) is 3.99. The molecular formula is C19H29N3O3. The van der Waals surface area contributed by atoms with Crippen LogP contribution >= 0.6 is 0 Å². The third kappa shape index (κ3) is 6.74. The molecule has 6 nitrogen and oxygen atoms in total. The predicted octanol–water partition coefficient (Wildman–Crippen LogP) is 2.29. The first kappa shape index (κ1) is 19.2. The largest absolute Gasteiger partial charge is 0.444 e. The van der Waals surface area contributed by atoms with Crippen LogP contribution in [0.25, 0.3) is 0 Å². The molecule has 0 saturated carbocycles. The van der Waals surface area contributed by atoms with Gasteiger partial charge >= 0.3 is 6.09 Å². The summed E-state index contributed by atoms with van der Waals surface area (Å²) in [5, 5.41) is 5.59. The van der Waals surface area contributed by atoms with Crippen LogP contribution in [-0.2, 0) is 16.1 Å². The summed E-state index contributed by atoms with van der Waals surface area (Å²) in [4.78, 5) is 26.3. The van der Waals surface area contributed by atoms with E-state index in [0.29, 0.717) is 0 Å². The molecular weight excluding hydrogens is 318 g/mol. The van der Waals surface area contributed by atoms with Crippen LogP contribution in [0.1, 0.15) is 39.7 Å². The highest BCUT2D eigenvalue weighted by molar-refractivity contribution is 5.85. The van der Waals surface area contributed by atoms with Gasteiger partial charge in [0, 0.05) is 25.7 Å². The average molecular weight is 347 g/mol. The maximum absolute atomic E-state index is 12.3. The Hall–Kier alpha value is -2.08. The number of rotatable bonds is 5. The molecule has 25 heavy (non-hydrogen) atoms. The highest BCUT2D eigenvalue weighted by atomic mass is 16.6. The van der Waals surface area contributed by atoms with Crippen molar-refractivity contribution in [2.45, 2.75) is 58.3 Å². The van der Waals surface area contributed by atoms with Gasteiger partial charge in [0.25, 0.3) is 0 Å². The molecule has 1 heterocycles. The van der Waals surface area contributed by atoms with Gasteiger partial charge in [0.1, 0.15) is 11.6 Å². The lowest BCUT2D eigenvalue weighted by Gasteiger charge is -2.22. The van der Waals surface area contributed by atoms with Crippen LogP contribution in [0.15, 0.2) is 30.3 Å². The Balaban J connectivity index is 1.74. The summed E-state index contributed by atoms with van der Waals surface area (Å²) in [5.41, 5.74) is 0.693. The van der Waals surface area contributed by atoms with Crippen molar-refractivity contribution in [3.05, 3.63) is 35.9 Å². The van der Waals surface area contributed by atoms with Crippen LogP contribution in [0.4, 0.5) is 4.79 Å². The SMILES string of the molecule is CC(NC(=O)OC(C)(C)C)C(=O)NC1CCN(Cc2ccccc2)C1. The van der Waals surface area contributed by atoms with Crippen molar-refractivity contribution in [3.8, 4) is 0 Å². The summed E-state index contributed by atoms with van der Waals surface area (Å²) in [5.74, 6) is -0.183. The predicted molar refractivity (Wildman–Crippen MR) is 97.1 cm³/mol. The van der Waals surface area contributed by atoms with Crippen LogP contribution in [-0.4, -0.2) is 47.7 Å². The molecule has 2 N–H and O–H groups in total. The molecule has 2 amide bonds. The maximum atomic E-state index is 12.3. The average Bonchev–Trinajstić information content (AvgIpc) is 2.93. The molecule has 1 aromatic rings. The zero-order valence-corrected chi connectivity index (χ0v) is 15.5. The summed E-state index contributed by atoms with van der Waals surface area (Å²) < 4.78 is 5.17. The second-order valence-corrected chi connectivity index (χ2v) is 7.58. The molecule has 138 valence electrons. The number of carbonyl (C=O) groups is 2. The van der Waals surface area contributed by atoms with Crippen molar-refractivity contribution in [2.24, 2.45) is 0 Å². The van der Waals surface area contributed by atoms with Crippen LogP contribution in [0.5, 0.6) is 0 Å². The van der Waals surface area contributed by atoms with Crippen LogP contribution in [0.3, 0.4) is 0 Å². The van der Waals surface area contributed by atoms with E-state index in [-0.39, 0.29) is 11.9 Å². The van der Waals surface area contributed by atoms with Gasteiger partial charge in [-0.2, -0.15) is 0 Å². The Bertz CT molecular complexity index is 583. The molecule has 0 radical (unpaired) electrons. The number of amides is 2. The Morgan fingerprint density at radius 2 is 1.96 bits per heavy atom. The van der Waals surface area contributed by atoms with Gasteiger partial charge in [0.2, 0.25) is 5.91 Å². The van der Waals surface area contributed by atoms with E-state index in [9.17, 15) is 9.59 Å². The van der Waals surface area contributed by atoms with E-state index >= 15 is 0 Å². The van der Waals surface area contributed by atoms with Crippen LogP contribution in [0, 0.1) is 0 Å². The fourth-order valence-electron chi connectivity index (χ4n) is 2.81. The molecule has 1 aliphatic rings. The zero-order valence-electron chi connectivity index (χ0n) is 15.5. The summed E-state index contributed by atoms with van der Waals surface area (Å²) in [6, 6.07) is 9.79. The highest BCUT2D eigenvalue weighted by Crippen LogP contribution is 2.13. The quantitative estimate of drug-likeness (QED) is 0.857. The van der Waals surface area contributed by atoms with Crippen molar-refractivity contribution >= 4 is 12.0 Å². The molecule has 0 aromatic heterocycles. The van der Waals surface area contributed by atoms with Crippen molar-refractivity contribution in [3.63, 3.8) is 0 Å².